The minimum absolute atomic E-state index is 0.0341. The molecule has 0 heterocycles. The van der Waals surface area contributed by atoms with E-state index in [4.69, 9.17) is 51.0 Å². The largest absolute Gasteiger partial charge is 0.508 e. The number of rotatable bonds is 33. The van der Waals surface area contributed by atoms with E-state index in [1.54, 1.807) is 168 Å². The topological polar surface area (TPSA) is 339 Å². The van der Waals surface area contributed by atoms with Gasteiger partial charge in [-0.25, -0.2) is 0 Å². The third kappa shape index (κ3) is 33.7. The summed E-state index contributed by atoms with van der Waals surface area (Å²) >= 11 is 0. The molecular formula is C113H146O24S2. The van der Waals surface area contributed by atoms with Crippen molar-refractivity contribution in [2.45, 2.75) is 210 Å². The Hall–Kier alpha value is -13.6. The van der Waals surface area contributed by atoms with Gasteiger partial charge in [0.25, 0.3) is 0 Å². The van der Waals surface area contributed by atoms with Gasteiger partial charge in [-0.2, -0.15) is 16.8 Å². The SMILES string of the molecule is C=CC(C)c1cc(C=O)c(C)c(OC)c1C.C=CC(C)c1cc(C=O)c(C)c(OC)c1O.C=CC(C)c1cc(O)c(C)c(OC)c1C.C=CC(C)c1cc(OS(=O)(=O)c2ccc(C)cc2)c(C)c(OC)c1C.C=CCC.CCc1ccc(O)c(OC)c1.COCc1ccc(O)c(OC)c1C.COc1c(C)c(OS(=O)(=O)c2ccc(C)cc2)cc(C(C)CCC=O)c1C.COc1c(O)ccc(C=O)c1C. The highest BCUT2D eigenvalue weighted by Crippen LogP contribution is 2.45. The number of aromatic hydroxyl groups is 5. The maximum absolute atomic E-state index is 12.7. The Morgan fingerprint density at radius 3 is 1.06 bits per heavy atom. The van der Waals surface area contributed by atoms with Crippen molar-refractivity contribution < 1.29 is 113 Å². The molecule has 0 fully saturated rings. The van der Waals surface area contributed by atoms with Crippen LogP contribution < -0.4 is 46.3 Å². The zero-order chi connectivity index (χ0) is 106. The molecule has 0 radical (unpaired) electrons. The number of carbonyl (C=O) groups excluding carboxylic acids is 4. The molecule has 139 heavy (non-hydrogen) atoms. The number of ether oxygens (including phenoxy) is 9. The van der Waals surface area contributed by atoms with Gasteiger partial charge in [0.1, 0.15) is 75.2 Å². The van der Waals surface area contributed by atoms with Gasteiger partial charge in [0.05, 0.1) is 63.5 Å². The predicted octanol–water partition coefficient (Wildman–Crippen LogP) is 25.6. The van der Waals surface area contributed by atoms with E-state index in [2.05, 4.69) is 53.7 Å². The Morgan fingerprint density at radius 2 is 0.683 bits per heavy atom. The lowest BCUT2D eigenvalue weighted by Crippen LogP contribution is -2.12. The molecule has 0 aliphatic rings. The fraction of sp³-hybridized carbons (Fsp3) is 0.345. The molecule has 5 unspecified atom stereocenters. The molecule has 0 saturated heterocycles. The maximum atomic E-state index is 12.7. The number of hydrogen-bond donors (Lipinski definition) is 5. The van der Waals surface area contributed by atoms with Crippen LogP contribution in [0.1, 0.15) is 240 Å². The monoisotopic (exact) mass is 1950 g/mol. The predicted molar refractivity (Wildman–Crippen MR) is 557 cm³/mol. The van der Waals surface area contributed by atoms with Gasteiger partial charge >= 0.3 is 20.2 Å². The average molecular weight is 1950 g/mol. The molecule has 10 aromatic rings. The van der Waals surface area contributed by atoms with E-state index in [1.165, 1.54) is 38.0 Å². The van der Waals surface area contributed by atoms with Crippen molar-refractivity contribution in [1.29, 1.82) is 0 Å². The molecule has 0 aromatic heterocycles. The molecule has 26 heteroatoms. The second-order valence-corrected chi connectivity index (χ2v) is 35.8. The van der Waals surface area contributed by atoms with Crippen molar-refractivity contribution in [3.63, 3.8) is 0 Å². The van der Waals surface area contributed by atoms with Crippen LogP contribution in [0.2, 0.25) is 0 Å². The molecule has 10 aromatic carbocycles. The van der Waals surface area contributed by atoms with Gasteiger partial charge in [-0.15, -0.1) is 32.9 Å². The van der Waals surface area contributed by atoms with E-state index in [0.717, 1.165) is 127 Å². The van der Waals surface area contributed by atoms with Gasteiger partial charge in [-0.05, 0) is 274 Å². The molecule has 0 spiro atoms. The quantitative estimate of drug-likeness (QED) is 0.0145. The van der Waals surface area contributed by atoms with Gasteiger partial charge in [0.2, 0.25) is 0 Å². The number of benzene rings is 10. The lowest BCUT2D eigenvalue weighted by atomic mass is 9.90. The fourth-order valence-corrected chi connectivity index (χ4v) is 16.5. The summed E-state index contributed by atoms with van der Waals surface area (Å²) < 4.78 is 108. The molecule has 5 atom stereocenters. The summed E-state index contributed by atoms with van der Waals surface area (Å²) in [5.74, 6) is 6.36. The number of hydrogen-bond acceptors (Lipinski definition) is 24. The summed E-state index contributed by atoms with van der Waals surface area (Å²) in [5.41, 5.74) is 19.7. The second-order valence-electron chi connectivity index (χ2n) is 32.7. The molecule has 0 saturated carbocycles. The molecular weight excluding hydrogens is 1810 g/mol. The maximum Gasteiger partial charge on any atom is 0.339 e. The van der Waals surface area contributed by atoms with Crippen LogP contribution in [0.4, 0.5) is 0 Å². The van der Waals surface area contributed by atoms with Crippen LogP contribution in [0.5, 0.6) is 86.2 Å². The highest BCUT2D eigenvalue weighted by atomic mass is 32.2. The van der Waals surface area contributed by atoms with Crippen molar-refractivity contribution in [3.8, 4) is 86.2 Å². The third-order valence-electron chi connectivity index (χ3n) is 23.4. The van der Waals surface area contributed by atoms with Crippen molar-refractivity contribution in [2.75, 3.05) is 64.0 Å². The Kier molecular flexibility index (Phi) is 52.1. The first-order valence-corrected chi connectivity index (χ1v) is 47.8. The smallest absolute Gasteiger partial charge is 0.339 e. The van der Waals surface area contributed by atoms with Gasteiger partial charge in [-0.1, -0.05) is 126 Å². The minimum Gasteiger partial charge on any atom is -0.508 e. The summed E-state index contributed by atoms with van der Waals surface area (Å²) in [6.45, 7) is 57.5. The molecule has 0 bridgehead atoms. The number of phenolic OH excluding ortho intramolecular Hbond substituents is 5. The molecule has 24 nitrogen and oxygen atoms in total. The fourth-order valence-electron chi connectivity index (χ4n) is 14.6. The summed E-state index contributed by atoms with van der Waals surface area (Å²) in [4.78, 5) is 43.3. The number of carbonyl (C=O) groups is 4. The first kappa shape index (κ1) is 122. The molecule has 5 N–H and O–H groups in total. The van der Waals surface area contributed by atoms with Crippen molar-refractivity contribution >= 4 is 45.4 Å². The molecule has 0 aliphatic carbocycles. The molecule has 10 rings (SSSR count). The first-order valence-electron chi connectivity index (χ1n) is 45.0. The lowest BCUT2D eigenvalue weighted by molar-refractivity contribution is -0.108. The Bertz CT molecular complexity index is 5950. The zero-order valence-corrected chi connectivity index (χ0v) is 88.1. The zero-order valence-electron chi connectivity index (χ0n) is 86.5. The van der Waals surface area contributed by atoms with Gasteiger partial charge in [0, 0.05) is 80.6 Å². The van der Waals surface area contributed by atoms with Crippen LogP contribution in [0, 0.1) is 90.0 Å². The van der Waals surface area contributed by atoms with E-state index in [0.29, 0.717) is 98.5 Å². The number of aldehydes is 4. The summed E-state index contributed by atoms with van der Waals surface area (Å²) in [5, 5.41) is 47.7. The number of phenols is 5. The summed E-state index contributed by atoms with van der Waals surface area (Å²) in [6, 6.07) is 33.8. The lowest BCUT2D eigenvalue weighted by Gasteiger charge is -2.21. The van der Waals surface area contributed by atoms with Crippen LogP contribution in [0.3, 0.4) is 0 Å². The number of aryl methyl sites for hydroxylation is 3. The number of methoxy groups -OCH3 is 9. The van der Waals surface area contributed by atoms with Crippen molar-refractivity contribution in [3.05, 3.63) is 313 Å². The highest BCUT2D eigenvalue weighted by molar-refractivity contribution is 7.87. The third-order valence-corrected chi connectivity index (χ3v) is 25.9. The summed E-state index contributed by atoms with van der Waals surface area (Å²) in [7, 11) is 6.14. The van der Waals surface area contributed by atoms with Gasteiger partial charge in [0.15, 0.2) is 46.0 Å². The minimum atomic E-state index is -3.96. The second kappa shape index (κ2) is 59.6. The van der Waals surface area contributed by atoms with Crippen LogP contribution in [0.15, 0.2) is 194 Å². The van der Waals surface area contributed by atoms with Crippen molar-refractivity contribution in [2.24, 2.45) is 0 Å². The number of allylic oxidation sites excluding steroid dienone is 5. The van der Waals surface area contributed by atoms with E-state index in [1.807, 2.05) is 133 Å². The highest BCUT2D eigenvalue weighted by Gasteiger charge is 2.27. The molecule has 0 aliphatic heterocycles. The van der Waals surface area contributed by atoms with Gasteiger partial charge < -0.3 is 81.3 Å². The summed E-state index contributed by atoms with van der Waals surface area (Å²) in [6.07, 6.45) is 15.5. The van der Waals surface area contributed by atoms with E-state index in [-0.39, 0.29) is 79.6 Å². The van der Waals surface area contributed by atoms with E-state index < -0.39 is 20.2 Å². The van der Waals surface area contributed by atoms with E-state index in [9.17, 15) is 61.5 Å². The Labute approximate surface area is 825 Å². The first-order chi connectivity index (χ1) is 65.7. The van der Waals surface area contributed by atoms with Crippen LogP contribution in [0.25, 0.3) is 0 Å². The standard InChI is InChI=1S/C21H26O5S.C20H24O4S.C14H18O2.C13H16O3.C13H18O2.C10H14O3.C9H10O3.C9H12O2.C4H8/c1-14-8-10-18(11-9-14)27(23,24)26-20-13-19(15(2)7-6-12-22)16(3)21(25-5)17(20)4;1-7-14(3)18-12-19(16(5)20(23-6)15(18)4)24-25(21,22)17-10-8-13(2)9-11-17;1-6-9(2)13-7-12(8-15)10(3)14(16-5)11(13)4;1-5-8(2)11-6-10(7-14)9(3)13(16-4)12(11)15;1-6-8(2)11-7-12(14)10(4)13(15-5)9(11)3;1-7-8(6-12-2)4-5-9(11)10(7)13-3;1-6-7(5-10)3-4-8(11)9(6)12-2;1-3-7-4-5-8(10)9(6-7)11-2;1-3-4-2/h8-13,15H,6-7H2,1-5H3;7-12,14H,1H2,2-6H3;6-9H,1H2,2-5H3;5-8,15H,1H2,2-4H3;6-8,14H,1H2,2-5H3;4-5,11H,6H2,1-3H3;3-5,11H,1-2H3;4-6,10H,3H2,1-2H3;3H,1,4H2,2H3. The normalized spacial score (nSPS) is 11.5. The molecule has 0 amide bonds. The van der Waals surface area contributed by atoms with Gasteiger partial charge in [-0.3, -0.25) is 14.4 Å². The molecule has 754 valence electrons. The van der Waals surface area contributed by atoms with E-state index >= 15 is 0 Å². The average Bonchev–Trinajstić information content (AvgIpc) is 0.800. The van der Waals surface area contributed by atoms with Crippen molar-refractivity contribution in [1.82, 2.24) is 0 Å². The van der Waals surface area contributed by atoms with Crippen LogP contribution >= 0.6 is 0 Å². The van der Waals surface area contributed by atoms with Crippen LogP contribution in [-0.4, -0.2) is 132 Å². The Morgan fingerprint density at radius 1 is 0.338 bits per heavy atom. The Balaban J connectivity index is 0.000000544. The van der Waals surface area contributed by atoms with Crippen LogP contribution in [-0.2, 0) is 42.8 Å².